The fourth-order valence-electron chi connectivity index (χ4n) is 1.61. The van der Waals surface area contributed by atoms with Crippen LogP contribution in [0.5, 0.6) is 0 Å². The van der Waals surface area contributed by atoms with Gasteiger partial charge in [0.05, 0.1) is 17.0 Å². The molecule has 0 N–H and O–H groups in total. The second-order valence-corrected chi connectivity index (χ2v) is 4.44. The molecular weight excluding hydrogens is 271 g/mol. The Kier molecular flexibility index (Phi) is 3.84. The molecule has 0 aliphatic heterocycles. The summed E-state index contributed by atoms with van der Waals surface area (Å²) in [4.78, 5) is 16.3. The van der Waals surface area contributed by atoms with Gasteiger partial charge >= 0.3 is 0 Å². The molecule has 0 fully saturated rings. The summed E-state index contributed by atoms with van der Waals surface area (Å²) in [5.74, 6) is -0.169. The number of Topliss-reactive ketones (excluding diaryl/α,β-unsaturated/α-hetero) is 1. The highest BCUT2D eigenvalue weighted by atomic mass is 35.5. The van der Waals surface area contributed by atoms with Gasteiger partial charge in [0.15, 0.2) is 0 Å². The van der Waals surface area contributed by atoms with E-state index < -0.39 is 0 Å². The molecule has 3 nitrogen and oxygen atoms in total. The number of rotatable bonds is 3. The van der Waals surface area contributed by atoms with Gasteiger partial charge in [-0.15, -0.1) is 0 Å². The number of carbonyl (C=O) groups is 1. The number of allylic oxidation sites excluding steroid dienone is 2. The maximum Gasteiger partial charge on any atom is 0.210 e. The lowest BCUT2D eigenvalue weighted by Gasteiger charge is -2.08. The first-order valence-corrected chi connectivity index (χ1v) is 6.03. The van der Waals surface area contributed by atoms with Gasteiger partial charge < -0.3 is 4.57 Å². The lowest BCUT2D eigenvalue weighted by molar-refractivity contribution is 0.105. The number of imidazole rings is 1. The van der Waals surface area contributed by atoms with E-state index in [1.54, 1.807) is 54.5 Å². The zero-order valence-corrected chi connectivity index (χ0v) is 11.1. The molecule has 0 amide bonds. The molecule has 0 aliphatic rings. The van der Waals surface area contributed by atoms with Gasteiger partial charge in [-0.25, -0.2) is 4.98 Å². The summed E-state index contributed by atoms with van der Waals surface area (Å²) in [7, 11) is 0. The van der Waals surface area contributed by atoms with E-state index >= 15 is 0 Å². The molecule has 0 aliphatic carbocycles. The zero-order chi connectivity index (χ0) is 13.1. The van der Waals surface area contributed by atoms with Crippen LogP contribution in [0.25, 0.3) is 5.70 Å². The van der Waals surface area contributed by atoms with Crippen molar-refractivity contribution in [3.05, 3.63) is 58.6 Å². The van der Waals surface area contributed by atoms with E-state index in [4.69, 9.17) is 23.2 Å². The number of carbonyl (C=O) groups excluding carboxylic acids is 1. The number of hydrogen-bond donors (Lipinski definition) is 0. The normalized spacial score (nSPS) is 11.6. The lowest BCUT2D eigenvalue weighted by Crippen LogP contribution is -2.08. The van der Waals surface area contributed by atoms with Crippen LogP contribution in [-0.4, -0.2) is 15.3 Å². The Hall–Kier alpha value is -1.58. The molecule has 0 radical (unpaired) electrons. The fourth-order valence-corrected chi connectivity index (χ4v) is 2.10. The Morgan fingerprint density at radius 3 is 2.72 bits per heavy atom. The molecule has 0 saturated carbocycles. The van der Waals surface area contributed by atoms with Crippen LogP contribution in [0, 0.1) is 0 Å². The van der Waals surface area contributed by atoms with Crippen LogP contribution < -0.4 is 0 Å². The van der Waals surface area contributed by atoms with Gasteiger partial charge in [0, 0.05) is 23.0 Å². The molecular formula is C13H10Cl2N2O. The monoisotopic (exact) mass is 280 g/mol. The molecule has 1 aromatic heterocycles. The predicted molar refractivity (Wildman–Crippen MR) is 73.0 cm³/mol. The molecule has 2 rings (SSSR count). The average Bonchev–Trinajstić information content (AvgIpc) is 2.83. The molecule has 18 heavy (non-hydrogen) atoms. The van der Waals surface area contributed by atoms with Gasteiger partial charge in [0.25, 0.3) is 0 Å². The first kappa shape index (κ1) is 12.9. The molecule has 0 bridgehead atoms. The molecule has 0 spiro atoms. The van der Waals surface area contributed by atoms with Crippen molar-refractivity contribution in [3.63, 3.8) is 0 Å². The van der Waals surface area contributed by atoms with Crippen LogP contribution in [0.15, 0.2) is 43.0 Å². The molecule has 92 valence electrons. The van der Waals surface area contributed by atoms with Gasteiger partial charge in [-0.2, -0.15) is 0 Å². The molecule has 0 unspecified atom stereocenters. The summed E-state index contributed by atoms with van der Waals surface area (Å²) in [5, 5.41) is 0.841. The van der Waals surface area contributed by atoms with Crippen LogP contribution >= 0.6 is 23.2 Å². The standard InChI is InChI=1S/C13H10Cl2N2O/c1-2-12(17-6-5-16-8-17)13(18)10-4-3-9(14)7-11(10)15/h2-8H,1H3/b12-2-. The predicted octanol–water partition coefficient (Wildman–Crippen LogP) is 3.93. The minimum Gasteiger partial charge on any atom is -0.303 e. The summed E-state index contributed by atoms with van der Waals surface area (Å²) < 4.78 is 1.65. The van der Waals surface area contributed by atoms with E-state index in [0.717, 1.165) is 0 Å². The van der Waals surface area contributed by atoms with Crippen molar-refractivity contribution >= 4 is 34.7 Å². The van der Waals surface area contributed by atoms with E-state index in [1.807, 2.05) is 0 Å². The second kappa shape index (κ2) is 5.38. The Balaban J connectivity index is 2.42. The van der Waals surface area contributed by atoms with Crippen molar-refractivity contribution in [3.8, 4) is 0 Å². The first-order chi connectivity index (χ1) is 8.63. The summed E-state index contributed by atoms with van der Waals surface area (Å²) in [6, 6.07) is 4.81. The van der Waals surface area contributed by atoms with Crippen molar-refractivity contribution < 1.29 is 4.79 Å². The van der Waals surface area contributed by atoms with E-state index in [0.29, 0.717) is 21.3 Å². The number of halogens is 2. The molecule has 1 aromatic carbocycles. The summed E-state index contributed by atoms with van der Waals surface area (Å²) in [5.41, 5.74) is 0.916. The second-order valence-electron chi connectivity index (χ2n) is 3.60. The van der Waals surface area contributed by atoms with Gasteiger partial charge in [-0.1, -0.05) is 29.3 Å². The highest BCUT2D eigenvalue weighted by Gasteiger charge is 2.16. The third kappa shape index (κ3) is 2.47. The smallest absolute Gasteiger partial charge is 0.210 e. The van der Waals surface area contributed by atoms with E-state index in [-0.39, 0.29) is 5.78 Å². The average molecular weight is 281 g/mol. The van der Waals surface area contributed by atoms with Crippen molar-refractivity contribution in [1.82, 2.24) is 9.55 Å². The highest BCUT2D eigenvalue weighted by Crippen LogP contribution is 2.24. The largest absolute Gasteiger partial charge is 0.303 e. The van der Waals surface area contributed by atoms with E-state index in [2.05, 4.69) is 4.98 Å². The van der Waals surface area contributed by atoms with E-state index in [9.17, 15) is 4.79 Å². The number of nitrogens with zero attached hydrogens (tertiary/aromatic N) is 2. The third-order valence-electron chi connectivity index (χ3n) is 2.46. The topological polar surface area (TPSA) is 34.9 Å². The Bertz CT molecular complexity index is 603. The Morgan fingerprint density at radius 1 is 1.39 bits per heavy atom. The number of ketones is 1. The van der Waals surface area contributed by atoms with Crippen molar-refractivity contribution in [2.75, 3.05) is 0 Å². The van der Waals surface area contributed by atoms with Gasteiger partial charge in [0.1, 0.15) is 0 Å². The number of hydrogen-bond acceptors (Lipinski definition) is 2. The Labute approximate surface area is 115 Å². The lowest BCUT2D eigenvalue weighted by atomic mass is 10.1. The van der Waals surface area contributed by atoms with Crippen molar-refractivity contribution in [1.29, 1.82) is 0 Å². The maximum absolute atomic E-state index is 12.4. The van der Waals surface area contributed by atoms with Crippen LogP contribution in [0.4, 0.5) is 0 Å². The van der Waals surface area contributed by atoms with Crippen molar-refractivity contribution in [2.45, 2.75) is 6.92 Å². The summed E-state index contributed by atoms with van der Waals surface area (Å²) in [6.45, 7) is 1.79. The maximum atomic E-state index is 12.4. The minimum atomic E-state index is -0.169. The Morgan fingerprint density at radius 2 is 2.17 bits per heavy atom. The number of aromatic nitrogens is 2. The van der Waals surface area contributed by atoms with Gasteiger partial charge in [-0.05, 0) is 25.1 Å². The SMILES string of the molecule is C/C=C(/C(=O)c1ccc(Cl)cc1Cl)n1ccnc1. The fraction of sp³-hybridized carbons (Fsp3) is 0.0769. The van der Waals surface area contributed by atoms with Crippen LogP contribution in [0.2, 0.25) is 10.0 Å². The molecule has 5 heteroatoms. The first-order valence-electron chi connectivity index (χ1n) is 5.28. The molecule has 2 aromatic rings. The van der Waals surface area contributed by atoms with Crippen LogP contribution in [0.3, 0.4) is 0 Å². The zero-order valence-electron chi connectivity index (χ0n) is 9.60. The highest BCUT2D eigenvalue weighted by molar-refractivity contribution is 6.39. The van der Waals surface area contributed by atoms with E-state index in [1.165, 1.54) is 0 Å². The molecule has 0 atom stereocenters. The van der Waals surface area contributed by atoms with Crippen LogP contribution in [-0.2, 0) is 0 Å². The summed E-state index contributed by atoms with van der Waals surface area (Å²) >= 11 is 11.8. The van der Waals surface area contributed by atoms with Gasteiger partial charge in [-0.3, -0.25) is 4.79 Å². The van der Waals surface area contributed by atoms with Gasteiger partial charge in [0.2, 0.25) is 5.78 Å². The molecule has 1 heterocycles. The number of benzene rings is 1. The van der Waals surface area contributed by atoms with Crippen molar-refractivity contribution in [2.24, 2.45) is 0 Å². The minimum absolute atomic E-state index is 0.169. The molecule has 0 saturated heterocycles. The van der Waals surface area contributed by atoms with Crippen LogP contribution in [0.1, 0.15) is 17.3 Å². The summed E-state index contributed by atoms with van der Waals surface area (Å²) in [6.07, 6.45) is 6.60. The third-order valence-corrected chi connectivity index (χ3v) is 3.01. The quantitative estimate of drug-likeness (QED) is 0.631.